The largest absolute Gasteiger partial charge is 0.495 e. The highest BCUT2D eigenvalue weighted by Gasteiger charge is 2.36. The van der Waals surface area contributed by atoms with Gasteiger partial charge in [0, 0.05) is 13.1 Å². The summed E-state index contributed by atoms with van der Waals surface area (Å²) in [6, 6.07) is 5.36. The number of ether oxygens (including phenoxy) is 1. The van der Waals surface area contributed by atoms with Gasteiger partial charge in [-0.05, 0) is 17.7 Å². The number of β-amino-alcohol motifs (C(OH)–C–C–N with tert-alkyl or cyclic N) is 1. The summed E-state index contributed by atoms with van der Waals surface area (Å²) < 4.78 is 5.04. The summed E-state index contributed by atoms with van der Waals surface area (Å²) in [5.41, 5.74) is 0.0812. The maximum absolute atomic E-state index is 10.0. The molecule has 2 rings (SSSR count). The standard InChI is InChI=1S/C10H12ClNO2/c1-14-9-3-2-7(4-8(9)11)10(13)5-12-6-10/h2-4,12-13H,5-6H2,1H3. The second-order valence-corrected chi connectivity index (χ2v) is 3.89. The molecule has 0 saturated carbocycles. The number of methoxy groups -OCH3 is 1. The van der Waals surface area contributed by atoms with Gasteiger partial charge >= 0.3 is 0 Å². The number of aliphatic hydroxyl groups is 1. The van der Waals surface area contributed by atoms with Crippen molar-refractivity contribution in [2.45, 2.75) is 5.60 Å². The fourth-order valence-electron chi connectivity index (χ4n) is 1.52. The Hall–Kier alpha value is -0.770. The fourth-order valence-corrected chi connectivity index (χ4v) is 1.78. The van der Waals surface area contributed by atoms with Gasteiger partial charge in [0.05, 0.1) is 12.1 Å². The van der Waals surface area contributed by atoms with E-state index in [-0.39, 0.29) is 0 Å². The fraction of sp³-hybridized carbons (Fsp3) is 0.400. The zero-order valence-corrected chi connectivity index (χ0v) is 8.64. The van der Waals surface area contributed by atoms with E-state index in [2.05, 4.69) is 5.32 Å². The molecule has 0 radical (unpaired) electrons. The summed E-state index contributed by atoms with van der Waals surface area (Å²) >= 11 is 5.96. The summed E-state index contributed by atoms with van der Waals surface area (Å²) in [5.74, 6) is 0.631. The predicted molar refractivity (Wildman–Crippen MR) is 54.8 cm³/mol. The minimum Gasteiger partial charge on any atom is -0.495 e. The van der Waals surface area contributed by atoms with Crippen molar-refractivity contribution in [2.24, 2.45) is 0 Å². The Balaban J connectivity index is 2.32. The molecule has 1 aliphatic rings. The molecule has 76 valence electrons. The van der Waals surface area contributed by atoms with Gasteiger partial charge in [0.15, 0.2) is 0 Å². The first-order chi connectivity index (χ1) is 6.65. The molecule has 14 heavy (non-hydrogen) atoms. The molecule has 0 aliphatic carbocycles. The smallest absolute Gasteiger partial charge is 0.137 e. The number of hydrogen-bond donors (Lipinski definition) is 2. The van der Waals surface area contributed by atoms with Gasteiger partial charge < -0.3 is 15.2 Å². The average Bonchev–Trinajstić information content (AvgIpc) is 2.14. The Labute approximate surface area is 87.6 Å². The zero-order chi connectivity index (χ0) is 10.2. The topological polar surface area (TPSA) is 41.5 Å². The predicted octanol–water partition coefficient (Wildman–Crippen LogP) is 1.14. The Morgan fingerprint density at radius 3 is 2.64 bits per heavy atom. The van der Waals surface area contributed by atoms with Crippen molar-refractivity contribution in [1.29, 1.82) is 0 Å². The molecular formula is C10H12ClNO2. The van der Waals surface area contributed by atoms with E-state index in [1.165, 1.54) is 0 Å². The molecule has 1 saturated heterocycles. The van der Waals surface area contributed by atoms with Crippen LogP contribution in [0.4, 0.5) is 0 Å². The molecule has 0 aromatic heterocycles. The highest BCUT2D eigenvalue weighted by atomic mass is 35.5. The van der Waals surface area contributed by atoms with Crippen LogP contribution < -0.4 is 10.1 Å². The van der Waals surface area contributed by atoms with Crippen molar-refractivity contribution in [3.8, 4) is 5.75 Å². The van der Waals surface area contributed by atoms with Crippen LogP contribution in [0, 0.1) is 0 Å². The molecule has 0 bridgehead atoms. The van der Waals surface area contributed by atoms with Crippen LogP contribution in [0.1, 0.15) is 5.56 Å². The SMILES string of the molecule is COc1ccc(C2(O)CNC2)cc1Cl. The number of nitrogens with one attached hydrogen (secondary N) is 1. The van der Waals surface area contributed by atoms with Gasteiger partial charge in [-0.15, -0.1) is 0 Å². The van der Waals surface area contributed by atoms with Crippen LogP contribution in [0.2, 0.25) is 5.02 Å². The molecule has 1 fully saturated rings. The van der Waals surface area contributed by atoms with Gasteiger partial charge in [-0.2, -0.15) is 0 Å². The Morgan fingerprint density at radius 2 is 2.21 bits per heavy atom. The van der Waals surface area contributed by atoms with E-state index in [0.717, 1.165) is 5.56 Å². The van der Waals surface area contributed by atoms with E-state index in [0.29, 0.717) is 23.9 Å². The molecule has 4 heteroatoms. The van der Waals surface area contributed by atoms with E-state index < -0.39 is 5.60 Å². The molecule has 1 aliphatic heterocycles. The highest BCUT2D eigenvalue weighted by molar-refractivity contribution is 6.32. The van der Waals surface area contributed by atoms with Crippen LogP contribution in [0.5, 0.6) is 5.75 Å². The maximum atomic E-state index is 10.0. The van der Waals surface area contributed by atoms with Gasteiger partial charge in [-0.3, -0.25) is 0 Å². The van der Waals surface area contributed by atoms with Crippen LogP contribution >= 0.6 is 11.6 Å². The third-order valence-corrected chi connectivity index (χ3v) is 2.82. The summed E-state index contributed by atoms with van der Waals surface area (Å²) in [6.07, 6.45) is 0. The molecule has 0 unspecified atom stereocenters. The molecule has 2 N–H and O–H groups in total. The van der Waals surface area contributed by atoms with Crippen LogP contribution in [0.15, 0.2) is 18.2 Å². The van der Waals surface area contributed by atoms with Crippen molar-refractivity contribution in [1.82, 2.24) is 5.32 Å². The summed E-state index contributed by atoms with van der Waals surface area (Å²) in [6.45, 7) is 1.16. The van der Waals surface area contributed by atoms with E-state index in [1.54, 1.807) is 19.2 Å². The zero-order valence-electron chi connectivity index (χ0n) is 7.88. The lowest BCUT2D eigenvalue weighted by Gasteiger charge is -2.38. The molecule has 3 nitrogen and oxygen atoms in total. The lowest BCUT2D eigenvalue weighted by atomic mass is 9.88. The molecule has 0 atom stereocenters. The first-order valence-electron chi connectivity index (χ1n) is 4.43. The second kappa shape index (κ2) is 3.42. The van der Waals surface area contributed by atoms with E-state index >= 15 is 0 Å². The van der Waals surface area contributed by atoms with Crippen LogP contribution in [0.3, 0.4) is 0 Å². The van der Waals surface area contributed by atoms with E-state index in [1.807, 2.05) is 6.07 Å². The van der Waals surface area contributed by atoms with Crippen LogP contribution in [-0.4, -0.2) is 25.3 Å². The van der Waals surface area contributed by atoms with Gasteiger partial charge in [0.2, 0.25) is 0 Å². The Bertz CT molecular complexity index is 350. The van der Waals surface area contributed by atoms with Crippen molar-refractivity contribution in [3.63, 3.8) is 0 Å². The van der Waals surface area contributed by atoms with E-state index in [4.69, 9.17) is 16.3 Å². The first kappa shape index (κ1) is 9.77. The third-order valence-electron chi connectivity index (χ3n) is 2.52. The van der Waals surface area contributed by atoms with Gasteiger partial charge in [0.25, 0.3) is 0 Å². The molecular weight excluding hydrogens is 202 g/mol. The van der Waals surface area contributed by atoms with Crippen molar-refractivity contribution < 1.29 is 9.84 Å². The van der Waals surface area contributed by atoms with Crippen molar-refractivity contribution in [2.75, 3.05) is 20.2 Å². The third kappa shape index (κ3) is 1.47. The highest BCUT2D eigenvalue weighted by Crippen LogP contribution is 2.32. The summed E-state index contributed by atoms with van der Waals surface area (Å²) in [5, 5.41) is 13.6. The molecule has 1 aromatic carbocycles. The van der Waals surface area contributed by atoms with Gasteiger partial charge in [-0.1, -0.05) is 17.7 Å². The molecule has 1 heterocycles. The van der Waals surface area contributed by atoms with E-state index in [9.17, 15) is 5.11 Å². The first-order valence-corrected chi connectivity index (χ1v) is 4.81. The molecule has 0 amide bonds. The second-order valence-electron chi connectivity index (χ2n) is 3.48. The number of halogens is 1. The minimum atomic E-state index is -0.754. The van der Waals surface area contributed by atoms with Crippen molar-refractivity contribution in [3.05, 3.63) is 28.8 Å². The molecule has 1 aromatic rings. The quantitative estimate of drug-likeness (QED) is 0.774. The van der Waals surface area contributed by atoms with Gasteiger partial charge in [-0.25, -0.2) is 0 Å². The normalized spacial score (nSPS) is 18.8. The lowest BCUT2D eigenvalue weighted by molar-refractivity contribution is -0.0146. The number of hydrogen-bond acceptors (Lipinski definition) is 3. The lowest BCUT2D eigenvalue weighted by Crippen LogP contribution is -2.56. The van der Waals surface area contributed by atoms with Crippen molar-refractivity contribution >= 4 is 11.6 Å². The van der Waals surface area contributed by atoms with Gasteiger partial charge in [0.1, 0.15) is 11.4 Å². The minimum absolute atomic E-state index is 0.533. The number of rotatable bonds is 2. The number of benzene rings is 1. The summed E-state index contributed by atoms with van der Waals surface area (Å²) in [4.78, 5) is 0. The monoisotopic (exact) mass is 213 g/mol. The average molecular weight is 214 g/mol. The van der Waals surface area contributed by atoms with Crippen LogP contribution in [0.25, 0.3) is 0 Å². The van der Waals surface area contributed by atoms with Crippen LogP contribution in [-0.2, 0) is 5.60 Å². The Kier molecular flexibility index (Phi) is 2.39. The Morgan fingerprint density at radius 1 is 1.50 bits per heavy atom. The maximum Gasteiger partial charge on any atom is 0.137 e. The molecule has 0 spiro atoms. The summed E-state index contributed by atoms with van der Waals surface area (Å²) in [7, 11) is 1.57.